The second-order valence-electron chi connectivity index (χ2n) is 16.6. The minimum atomic E-state index is -0.109. The van der Waals surface area contributed by atoms with Crippen molar-refractivity contribution in [3.8, 4) is 45.1 Å². The zero-order valence-electron chi connectivity index (χ0n) is 34.0. The molecule has 288 valence electrons. The zero-order valence-corrected chi connectivity index (χ0v) is 34.0. The maximum atomic E-state index is 5.25. The number of aromatic nitrogens is 4. The first kappa shape index (κ1) is 35.2. The van der Waals surface area contributed by atoms with Crippen molar-refractivity contribution in [2.75, 3.05) is 0 Å². The summed E-state index contributed by atoms with van der Waals surface area (Å²) in [6.07, 6.45) is 3.62. The van der Waals surface area contributed by atoms with E-state index in [9.17, 15) is 0 Å². The van der Waals surface area contributed by atoms with E-state index >= 15 is 0 Å². The third-order valence-electron chi connectivity index (χ3n) is 13.1. The van der Waals surface area contributed by atoms with Crippen molar-refractivity contribution < 1.29 is 0 Å². The molecule has 4 nitrogen and oxygen atoms in total. The molecular formula is C57H40N4. The summed E-state index contributed by atoms with van der Waals surface area (Å²) in [4.78, 5) is 10.4. The molecular weight excluding hydrogens is 741 g/mol. The molecule has 12 rings (SSSR count). The monoisotopic (exact) mass is 780 g/mol. The first-order valence-electron chi connectivity index (χ1n) is 20.9. The lowest BCUT2D eigenvalue weighted by Gasteiger charge is -2.22. The molecule has 61 heavy (non-hydrogen) atoms. The molecule has 3 heterocycles. The second-order valence-corrected chi connectivity index (χ2v) is 16.6. The standard InChI is InChI=1S/C57H40N4/c1-5-38-49(6-2)58-56(59-55(38)35-18-8-7-9-19-35)61-50-26-16-13-22-42(50)46-32-36(28-31-52(46)61)45-34-53-54(43-23-11-10-20-39(43)45)44-24-14-17-27-51(44)60(53)37-29-30-41-40-21-12-15-25-47(40)57(3,4)48(41)33-37/h5-34H,1-2H2,3-4H3. The summed E-state index contributed by atoms with van der Waals surface area (Å²) in [7, 11) is 0. The van der Waals surface area contributed by atoms with Crippen molar-refractivity contribution in [3.05, 3.63) is 205 Å². The van der Waals surface area contributed by atoms with Crippen LogP contribution in [0.4, 0.5) is 0 Å². The van der Waals surface area contributed by atoms with Crippen LogP contribution in [-0.4, -0.2) is 19.1 Å². The second kappa shape index (κ2) is 13.1. The minimum Gasteiger partial charge on any atom is -0.309 e. The predicted molar refractivity (Wildman–Crippen MR) is 257 cm³/mol. The van der Waals surface area contributed by atoms with Crippen molar-refractivity contribution >= 4 is 66.5 Å². The van der Waals surface area contributed by atoms with E-state index in [0.717, 1.165) is 49.9 Å². The van der Waals surface area contributed by atoms with Gasteiger partial charge in [0.1, 0.15) is 0 Å². The Morgan fingerprint density at radius 1 is 0.459 bits per heavy atom. The molecule has 1 aliphatic carbocycles. The Labute approximate surface area is 354 Å². The molecule has 4 heteroatoms. The van der Waals surface area contributed by atoms with E-state index < -0.39 is 0 Å². The van der Waals surface area contributed by atoms with Crippen LogP contribution in [0.1, 0.15) is 36.2 Å². The van der Waals surface area contributed by atoms with Crippen molar-refractivity contribution in [2.24, 2.45) is 0 Å². The summed E-state index contributed by atoms with van der Waals surface area (Å²) < 4.78 is 4.67. The zero-order chi connectivity index (χ0) is 41.0. The quantitative estimate of drug-likeness (QED) is 0.168. The van der Waals surface area contributed by atoms with Crippen LogP contribution in [-0.2, 0) is 5.41 Å². The molecule has 0 amide bonds. The highest BCUT2D eigenvalue weighted by atomic mass is 15.2. The van der Waals surface area contributed by atoms with Gasteiger partial charge in [-0.3, -0.25) is 4.57 Å². The fourth-order valence-electron chi connectivity index (χ4n) is 10.3. The van der Waals surface area contributed by atoms with Crippen molar-refractivity contribution in [1.82, 2.24) is 19.1 Å². The molecule has 0 saturated carbocycles. The molecule has 0 atom stereocenters. The number of hydrogen-bond donors (Lipinski definition) is 0. The maximum absolute atomic E-state index is 5.25. The summed E-state index contributed by atoms with van der Waals surface area (Å²) in [6, 6.07) is 61.8. The smallest absolute Gasteiger partial charge is 0.235 e. The molecule has 0 bridgehead atoms. The topological polar surface area (TPSA) is 35.6 Å². The third-order valence-corrected chi connectivity index (χ3v) is 13.1. The summed E-state index contributed by atoms with van der Waals surface area (Å²) in [6.45, 7) is 13.0. The van der Waals surface area contributed by atoms with Gasteiger partial charge in [-0.1, -0.05) is 160 Å². The van der Waals surface area contributed by atoms with E-state index in [-0.39, 0.29) is 5.41 Å². The Kier molecular flexibility index (Phi) is 7.54. The van der Waals surface area contributed by atoms with Gasteiger partial charge in [0.25, 0.3) is 0 Å². The predicted octanol–water partition coefficient (Wildman–Crippen LogP) is 14.8. The largest absolute Gasteiger partial charge is 0.309 e. The fourth-order valence-corrected chi connectivity index (χ4v) is 10.3. The average Bonchev–Trinajstić information content (AvgIpc) is 3.91. The summed E-state index contributed by atoms with van der Waals surface area (Å²) in [5.74, 6) is 0.593. The van der Waals surface area contributed by atoms with Gasteiger partial charge in [-0.2, -0.15) is 0 Å². The van der Waals surface area contributed by atoms with E-state index in [1.807, 2.05) is 24.3 Å². The van der Waals surface area contributed by atoms with Crippen LogP contribution in [0, 0.1) is 0 Å². The van der Waals surface area contributed by atoms with E-state index in [0.29, 0.717) is 5.95 Å². The van der Waals surface area contributed by atoms with Gasteiger partial charge in [-0.25, -0.2) is 9.97 Å². The van der Waals surface area contributed by atoms with Gasteiger partial charge >= 0.3 is 0 Å². The van der Waals surface area contributed by atoms with Gasteiger partial charge in [0, 0.05) is 43.8 Å². The Balaban J connectivity index is 1.10. The van der Waals surface area contributed by atoms with Crippen LogP contribution in [0.25, 0.3) is 112 Å². The molecule has 0 unspecified atom stereocenters. The molecule has 0 N–H and O–H groups in total. The fraction of sp³-hybridized carbons (Fsp3) is 0.0526. The number of fused-ring (bicyclic) bond motifs is 11. The highest BCUT2D eigenvalue weighted by Gasteiger charge is 2.35. The van der Waals surface area contributed by atoms with Crippen LogP contribution in [0.2, 0.25) is 0 Å². The molecule has 0 spiro atoms. The molecule has 1 aliphatic rings. The van der Waals surface area contributed by atoms with Gasteiger partial charge < -0.3 is 4.57 Å². The van der Waals surface area contributed by atoms with Crippen LogP contribution >= 0.6 is 0 Å². The number of para-hydroxylation sites is 2. The normalized spacial score (nSPS) is 13.0. The third kappa shape index (κ3) is 5.00. The number of hydrogen-bond acceptors (Lipinski definition) is 2. The molecule has 0 fully saturated rings. The van der Waals surface area contributed by atoms with Gasteiger partial charge in [0.15, 0.2) is 0 Å². The number of benzene rings is 8. The number of nitrogens with zero attached hydrogens (tertiary/aromatic N) is 4. The maximum Gasteiger partial charge on any atom is 0.235 e. The van der Waals surface area contributed by atoms with E-state index in [1.54, 1.807) is 6.08 Å². The van der Waals surface area contributed by atoms with Crippen LogP contribution in [0.15, 0.2) is 183 Å². The summed E-state index contributed by atoms with van der Waals surface area (Å²) in [5, 5.41) is 7.25. The summed E-state index contributed by atoms with van der Waals surface area (Å²) >= 11 is 0. The molecule has 0 radical (unpaired) electrons. The highest BCUT2D eigenvalue weighted by molar-refractivity contribution is 6.24. The lowest BCUT2D eigenvalue weighted by atomic mass is 9.82. The van der Waals surface area contributed by atoms with Crippen molar-refractivity contribution in [1.29, 1.82) is 0 Å². The van der Waals surface area contributed by atoms with E-state index in [1.165, 1.54) is 66.1 Å². The first-order chi connectivity index (χ1) is 29.9. The SMILES string of the molecule is C=Cc1nc(-n2c3ccccc3c3cc(-c4cc5c(c6ccccc46)c4ccccc4n5-c4ccc5c(c4)C(C)(C)c4ccccc4-5)ccc32)nc(-c2ccccc2)c1C=C. The van der Waals surface area contributed by atoms with Gasteiger partial charge in [-0.15, -0.1) is 0 Å². The first-order valence-corrected chi connectivity index (χ1v) is 20.9. The Morgan fingerprint density at radius 3 is 1.90 bits per heavy atom. The Bertz CT molecular complexity index is 3660. The van der Waals surface area contributed by atoms with Crippen LogP contribution in [0.5, 0.6) is 0 Å². The lowest BCUT2D eigenvalue weighted by molar-refractivity contribution is 0.660. The Morgan fingerprint density at radius 2 is 1.11 bits per heavy atom. The minimum absolute atomic E-state index is 0.109. The van der Waals surface area contributed by atoms with E-state index in [2.05, 4.69) is 188 Å². The molecule has 3 aromatic heterocycles. The van der Waals surface area contributed by atoms with Crippen LogP contribution in [0.3, 0.4) is 0 Å². The molecule has 11 aromatic rings. The Hall–Kier alpha value is -7.82. The molecule has 0 saturated heterocycles. The van der Waals surface area contributed by atoms with E-state index in [4.69, 9.17) is 9.97 Å². The van der Waals surface area contributed by atoms with Crippen LogP contribution < -0.4 is 0 Å². The average molecular weight is 781 g/mol. The lowest BCUT2D eigenvalue weighted by Crippen LogP contribution is -2.15. The molecule has 8 aromatic carbocycles. The number of rotatable bonds is 6. The van der Waals surface area contributed by atoms with Crippen molar-refractivity contribution in [3.63, 3.8) is 0 Å². The van der Waals surface area contributed by atoms with Crippen molar-refractivity contribution in [2.45, 2.75) is 19.3 Å². The van der Waals surface area contributed by atoms with Gasteiger partial charge in [0.2, 0.25) is 5.95 Å². The van der Waals surface area contributed by atoms with Gasteiger partial charge in [0.05, 0.1) is 33.5 Å². The molecule has 0 aliphatic heterocycles. The van der Waals surface area contributed by atoms with Gasteiger partial charge in [-0.05, 0) is 92.7 Å². The summed E-state index contributed by atoms with van der Waals surface area (Å²) in [5.41, 5.74) is 16.7. The highest BCUT2D eigenvalue weighted by Crippen LogP contribution is 2.50.